The maximum absolute atomic E-state index is 13.3. The highest BCUT2D eigenvalue weighted by atomic mass is 16.5. The van der Waals surface area contributed by atoms with Crippen molar-refractivity contribution >= 4 is 22.4 Å². The summed E-state index contributed by atoms with van der Waals surface area (Å²) >= 11 is 0. The van der Waals surface area contributed by atoms with Crippen LogP contribution in [0.1, 0.15) is 30.5 Å². The van der Waals surface area contributed by atoms with Crippen LogP contribution in [0.3, 0.4) is 0 Å². The molecule has 0 saturated carbocycles. The molecule has 2 heterocycles. The normalized spacial score (nSPS) is 16.8. The zero-order chi connectivity index (χ0) is 22.7. The van der Waals surface area contributed by atoms with Crippen LogP contribution in [0.4, 0.5) is 0 Å². The van der Waals surface area contributed by atoms with Crippen molar-refractivity contribution in [2.75, 3.05) is 33.3 Å². The van der Waals surface area contributed by atoms with Gasteiger partial charge in [0.15, 0.2) is 0 Å². The van der Waals surface area contributed by atoms with Crippen LogP contribution in [0.5, 0.6) is 5.75 Å². The summed E-state index contributed by atoms with van der Waals surface area (Å²) in [6.07, 6.45) is 4.27. The van der Waals surface area contributed by atoms with Gasteiger partial charge in [0.1, 0.15) is 5.75 Å². The number of fused-ring (bicyclic) bond motifs is 1. The Labute approximate surface area is 190 Å². The fourth-order valence-electron chi connectivity index (χ4n) is 4.80. The summed E-state index contributed by atoms with van der Waals surface area (Å²) in [5.74, 6) is 0.915. The first kappa shape index (κ1) is 22.2. The lowest BCUT2D eigenvalue weighted by Crippen LogP contribution is -2.43. The van der Waals surface area contributed by atoms with E-state index < -0.39 is 0 Å². The van der Waals surface area contributed by atoms with Gasteiger partial charge in [-0.2, -0.15) is 0 Å². The van der Waals surface area contributed by atoms with Gasteiger partial charge in [-0.1, -0.05) is 30.3 Å². The van der Waals surface area contributed by atoms with Gasteiger partial charge in [-0.3, -0.25) is 9.69 Å². The van der Waals surface area contributed by atoms with Crippen LogP contribution < -0.4 is 4.74 Å². The molecule has 1 aromatic heterocycles. The minimum absolute atomic E-state index is 0.154. The van der Waals surface area contributed by atoms with E-state index in [0.29, 0.717) is 0 Å². The van der Waals surface area contributed by atoms with Gasteiger partial charge < -0.3 is 14.6 Å². The Balaban J connectivity index is 1.71. The van der Waals surface area contributed by atoms with Gasteiger partial charge in [-0.15, -0.1) is 0 Å². The summed E-state index contributed by atoms with van der Waals surface area (Å²) < 4.78 is 5.41. The molecule has 32 heavy (non-hydrogen) atoms. The number of carbonyl (C=O) groups is 1. The first-order valence-corrected chi connectivity index (χ1v) is 11.5. The minimum atomic E-state index is -0.154. The molecule has 1 amide bonds. The Kier molecular flexibility index (Phi) is 6.66. The number of rotatable bonds is 7. The van der Waals surface area contributed by atoms with Crippen LogP contribution in [-0.4, -0.2) is 54.0 Å². The Hall–Kier alpha value is -3.05. The molecule has 3 aromatic rings. The van der Waals surface area contributed by atoms with E-state index in [0.717, 1.165) is 44.0 Å². The highest BCUT2D eigenvalue weighted by molar-refractivity contribution is 5.96. The van der Waals surface area contributed by atoms with Gasteiger partial charge in [0.05, 0.1) is 13.0 Å². The third-order valence-electron chi connectivity index (χ3n) is 6.43. The molecule has 168 valence electrons. The van der Waals surface area contributed by atoms with Crippen molar-refractivity contribution < 1.29 is 9.53 Å². The molecule has 0 spiro atoms. The number of benzene rings is 2. The smallest absolute Gasteiger partial charge is 0.230 e. The Bertz CT molecular complexity index is 1130. The molecule has 1 aliphatic rings. The van der Waals surface area contributed by atoms with Crippen molar-refractivity contribution in [1.82, 2.24) is 14.8 Å². The van der Waals surface area contributed by atoms with Crippen molar-refractivity contribution in [3.63, 3.8) is 0 Å². The highest BCUT2D eigenvalue weighted by Crippen LogP contribution is 2.32. The monoisotopic (exact) mass is 431 g/mol. The number of carbonyl (C=O) groups excluding carboxylic acids is 1. The molecule has 1 N–H and O–H groups in total. The number of ether oxygens (including phenoxy) is 1. The molecule has 4 rings (SSSR count). The predicted octanol–water partition coefficient (Wildman–Crippen LogP) is 4.87. The van der Waals surface area contributed by atoms with Gasteiger partial charge >= 0.3 is 0 Å². The van der Waals surface area contributed by atoms with Crippen molar-refractivity contribution in [3.8, 4) is 5.75 Å². The second kappa shape index (κ2) is 9.61. The number of amides is 1. The Morgan fingerprint density at radius 3 is 2.72 bits per heavy atom. The fourth-order valence-corrected chi connectivity index (χ4v) is 4.80. The standard InChI is InChI=1S/C27H33N3O2/c1-5-30(6-2)27(31)22-14-21(24-11-8-12-25-26(24)19(3)15-28-25)17-29(18-22)16-20-9-7-10-23(13-20)32-4/h7-15,22,28H,5-6,16-18H2,1-4H3. The summed E-state index contributed by atoms with van der Waals surface area (Å²) in [6, 6.07) is 14.6. The topological polar surface area (TPSA) is 48.6 Å². The number of aromatic amines is 1. The molecular formula is C27H33N3O2. The van der Waals surface area contributed by atoms with E-state index in [9.17, 15) is 4.79 Å². The second-order valence-corrected chi connectivity index (χ2v) is 8.53. The molecule has 1 unspecified atom stereocenters. The average molecular weight is 432 g/mol. The molecule has 1 atom stereocenters. The number of hydrogen-bond acceptors (Lipinski definition) is 3. The van der Waals surface area contributed by atoms with Crippen molar-refractivity contribution in [3.05, 3.63) is 71.4 Å². The van der Waals surface area contributed by atoms with E-state index in [1.54, 1.807) is 7.11 Å². The van der Waals surface area contributed by atoms with Crippen LogP contribution in [0, 0.1) is 12.8 Å². The highest BCUT2D eigenvalue weighted by Gasteiger charge is 2.29. The zero-order valence-corrected chi connectivity index (χ0v) is 19.5. The maximum Gasteiger partial charge on any atom is 0.230 e. The molecule has 1 aliphatic heterocycles. The lowest BCUT2D eigenvalue weighted by molar-refractivity contribution is -0.134. The number of aromatic nitrogens is 1. The van der Waals surface area contributed by atoms with E-state index in [1.165, 1.54) is 27.6 Å². The van der Waals surface area contributed by atoms with Gasteiger partial charge in [0.25, 0.3) is 0 Å². The van der Waals surface area contributed by atoms with Gasteiger partial charge in [0.2, 0.25) is 5.91 Å². The van der Waals surface area contributed by atoms with Crippen LogP contribution in [-0.2, 0) is 11.3 Å². The van der Waals surface area contributed by atoms with Gasteiger partial charge in [-0.05, 0) is 61.2 Å². The number of H-pyrrole nitrogens is 1. The van der Waals surface area contributed by atoms with Crippen LogP contribution in [0.2, 0.25) is 0 Å². The van der Waals surface area contributed by atoms with E-state index in [2.05, 4.69) is 59.4 Å². The third-order valence-corrected chi connectivity index (χ3v) is 6.43. The van der Waals surface area contributed by atoms with E-state index in [1.807, 2.05) is 30.9 Å². The molecule has 2 aromatic carbocycles. The van der Waals surface area contributed by atoms with E-state index >= 15 is 0 Å². The SMILES string of the molecule is CCN(CC)C(=O)C1C=C(c2cccc3[nH]cc(C)c23)CN(Cc2cccc(OC)c2)C1. The molecule has 0 radical (unpaired) electrons. The number of nitrogens with zero attached hydrogens (tertiary/aromatic N) is 2. The lowest BCUT2D eigenvalue weighted by atomic mass is 9.91. The largest absolute Gasteiger partial charge is 0.497 e. The summed E-state index contributed by atoms with van der Waals surface area (Å²) in [5, 5.41) is 1.25. The fraction of sp³-hybridized carbons (Fsp3) is 0.370. The summed E-state index contributed by atoms with van der Waals surface area (Å²) in [7, 11) is 1.69. The maximum atomic E-state index is 13.3. The zero-order valence-electron chi connectivity index (χ0n) is 19.5. The molecule has 5 nitrogen and oxygen atoms in total. The van der Waals surface area contributed by atoms with Crippen LogP contribution >= 0.6 is 0 Å². The van der Waals surface area contributed by atoms with Crippen LogP contribution in [0.15, 0.2) is 54.7 Å². The third kappa shape index (κ3) is 4.44. The van der Waals surface area contributed by atoms with E-state index in [4.69, 9.17) is 4.74 Å². The molecule has 0 aliphatic carbocycles. The average Bonchev–Trinajstić information content (AvgIpc) is 3.20. The molecule has 0 fully saturated rings. The molecule has 0 bridgehead atoms. The number of nitrogens with one attached hydrogen (secondary N) is 1. The first-order chi connectivity index (χ1) is 15.5. The Morgan fingerprint density at radius 2 is 1.97 bits per heavy atom. The number of hydrogen-bond donors (Lipinski definition) is 1. The van der Waals surface area contributed by atoms with Gasteiger partial charge in [-0.25, -0.2) is 0 Å². The Morgan fingerprint density at radius 1 is 1.19 bits per heavy atom. The summed E-state index contributed by atoms with van der Waals surface area (Å²) in [4.78, 5) is 21.0. The quantitative estimate of drug-likeness (QED) is 0.581. The predicted molar refractivity (Wildman–Crippen MR) is 131 cm³/mol. The molecule has 5 heteroatoms. The summed E-state index contributed by atoms with van der Waals surface area (Å²) in [5.41, 5.74) is 5.99. The number of aryl methyl sites for hydroxylation is 1. The van der Waals surface area contributed by atoms with Gasteiger partial charge in [0, 0.05) is 49.8 Å². The molecule has 0 saturated heterocycles. The van der Waals surface area contributed by atoms with Crippen molar-refractivity contribution in [2.45, 2.75) is 27.3 Å². The number of methoxy groups -OCH3 is 1. The molecular weight excluding hydrogens is 398 g/mol. The minimum Gasteiger partial charge on any atom is -0.497 e. The van der Waals surface area contributed by atoms with Crippen molar-refractivity contribution in [2.24, 2.45) is 5.92 Å². The van der Waals surface area contributed by atoms with Crippen molar-refractivity contribution in [1.29, 1.82) is 0 Å². The van der Waals surface area contributed by atoms with Crippen LogP contribution in [0.25, 0.3) is 16.5 Å². The lowest BCUT2D eigenvalue weighted by Gasteiger charge is -2.34. The first-order valence-electron chi connectivity index (χ1n) is 11.5. The second-order valence-electron chi connectivity index (χ2n) is 8.53. The van der Waals surface area contributed by atoms with E-state index in [-0.39, 0.29) is 11.8 Å². The summed E-state index contributed by atoms with van der Waals surface area (Å²) in [6.45, 7) is 10.0.